The van der Waals surface area contributed by atoms with Crippen molar-refractivity contribution in [2.45, 2.75) is 25.8 Å². The second-order valence-corrected chi connectivity index (χ2v) is 3.54. The maximum Gasteiger partial charge on any atom is 0.0431 e. The van der Waals surface area contributed by atoms with Gasteiger partial charge in [0.25, 0.3) is 0 Å². The Labute approximate surface area is 84.9 Å². The zero-order valence-corrected chi connectivity index (χ0v) is 8.53. The number of nitrogens with one attached hydrogen (secondary N) is 1. The van der Waals surface area contributed by atoms with Crippen molar-refractivity contribution in [3.63, 3.8) is 0 Å². The van der Waals surface area contributed by atoms with E-state index in [1.165, 1.54) is 0 Å². The van der Waals surface area contributed by atoms with Gasteiger partial charge >= 0.3 is 0 Å². The number of aliphatic hydroxyl groups is 1. The molecule has 0 aromatic heterocycles. The highest BCUT2D eigenvalue weighted by atomic mass is 16.2. The molecule has 0 fully saturated rings. The first kappa shape index (κ1) is 10.9. The van der Waals surface area contributed by atoms with Gasteiger partial charge in [0.15, 0.2) is 0 Å². The molecule has 1 rings (SSSR count). The smallest absolute Gasteiger partial charge is 0.0431 e. The van der Waals surface area contributed by atoms with Crippen LogP contribution in [0.2, 0.25) is 0 Å². The predicted octanol–water partition coefficient (Wildman–Crippen LogP) is 1.84. The third-order valence-corrected chi connectivity index (χ3v) is 2.09. The molecule has 0 saturated heterocycles. The SMILES string of the molecule is CC(CCCO)Nc1cccc(N)c1. The molecule has 4 N–H and O–H groups in total. The Bertz CT molecular complexity index is 276. The number of nitrogen functional groups attached to an aromatic ring is 1. The fourth-order valence-corrected chi connectivity index (χ4v) is 1.38. The van der Waals surface area contributed by atoms with E-state index in [0.29, 0.717) is 6.04 Å². The van der Waals surface area contributed by atoms with E-state index >= 15 is 0 Å². The van der Waals surface area contributed by atoms with Crippen LogP contribution in [0.1, 0.15) is 19.8 Å². The number of aliphatic hydroxyl groups excluding tert-OH is 1. The average Bonchev–Trinajstić information content (AvgIpc) is 2.15. The minimum atomic E-state index is 0.253. The summed E-state index contributed by atoms with van der Waals surface area (Å²) in [6.45, 7) is 2.35. The zero-order valence-electron chi connectivity index (χ0n) is 8.53. The lowest BCUT2D eigenvalue weighted by Crippen LogP contribution is -2.15. The molecule has 0 aliphatic carbocycles. The third-order valence-electron chi connectivity index (χ3n) is 2.09. The molecule has 0 heterocycles. The van der Waals surface area contributed by atoms with Crippen molar-refractivity contribution in [3.05, 3.63) is 24.3 Å². The van der Waals surface area contributed by atoms with E-state index in [2.05, 4.69) is 12.2 Å². The summed E-state index contributed by atoms with van der Waals surface area (Å²) in [5.74, 6) is 0. The molecular weight excluding hydrogens is 176 g/mol. The molecule has 0 radical (unpaired) electrons. The van der Waals surface area contributed by atoms with Gasteiger partial charge in [-0.3, -0.25) is 0 Å². The first-order chi connectivity index (χ1) is 6.72. The van der Waals surface area contributed by atoms with Crippen LogP contribution in [-0.4, -0.2) is 17.8 Å². The van der Waals surface area contributed by atoms with Crippen LogP contribution >= 0.6 is 0 Å². The van der Waals surface area contributed by atoms with E-state index in [-0.39, 0.29) is 6.61 Å². The zero-order chi connectivity index (χ0) is 10.4. The van der Waals surface area contributed by atoms with Gasteiger partial charge in [0.2, 0.25) is 0 Å². The van der Waals surface area contributed by atoms with Crippen molar-refractivity contribution in [1.29, 1.82) is 0 Å². The van der Waals surface area contributed by atoms with Gasteiger partial charge in [0.05, 0.1) is 0 Å². The molecule has 3 nitrogen and oxygen atoms in total. The number of anilines is 2. The van der Waals surface area contributed by atoms with E-state index in [1.807, 2.05) is 24.3 Å². The van der Waals surface area contributed by atoms with E-state index in [1.54, 1.807) is 0 Å². The molecule has 14 heavy (non-hydrogen) atoms. The maximum absolute atomic E-state index is 8.68. The van der Waals surface area contributed by atoms with Crippen molar-refractivity contribution in [2.24, 2.45) is 0 Å². The fraction of sp³-hybridized carbons (Fsp3) is 0.455. The summed E-state index contributed by atoms with van der Waals surface area (Å²) in [5.41, 5.74) is 7.46. The van der Waals surface area contributed by atoms with Gasteiger partial charge in [0, 0.05) is 24.0 Å². The summed E-state index contributed by atoms with van der Waals surface area (Å²) < 4.78 is 0. The summed E-state index contributed by atoms with van der Waals surface area (Å²) in [6, 6.07) is 8.06. The molecule has 78 valence electrons. The summed E-state index contributed by atoms with van der Waals surface area (Å²) in [7, 11) is 0. The van der Waals surface area contributed by atoms with Gasteiger partial charge in [-0.25, -0.2) is 0 Å². The highest BCUT2D eigenvalue weighted by Crippen LogP contribution is 2.14. The lowest BCUT2D eigenvalue weighted by Gasteiger charge is -2.14. The van der Waals surface area contributed by atoms with Crippen LogP contribution in [0.5, 0.6) is 0 Å². The second-order valence-electron chi connectivity index (χ2n) is 3.54. The second kappa shape index (κ2) is 5.50. The molecular formula is C11H18N2O. The quantitative estimate of drug-likeness (QED) is 0.627. The first-order valence-corrected chi connectivity index (χ1v) is 4.95. The van der Waals surface area contributed by atoms with Crippen molar-refractivity contribution in [3.8, 4) is 0 Å². The lowest BCUT2D eigenvalue weighted by atomic mass is 10.1. The van der Waals surface area contributed by atoms with Crippen LogP contribution in [0, 0.1) is 0 Å². The Hall–Kier alpha value is -1.22. The maximum atomic E-state index is 8.68. The van der Waals surface area contributed by atoms with E-state index in [9.17, 15) is 0 Å². The molecule has 1 unspecified atom stereocenters. The molecule has 1 aromatic carbocycles. The molecule has 0 saturated carbocycles. The topological polar surface area (TPSA) is 58.3 Å². The summed E-state index contributed by atoms with van der Waals surface area (Å²) in [6.07, 6.45) is 1.79. The molecule has 3 heteroatoms. The van der Waals surface area contributed by atoms with Crippen LogP contribution in [0.15, 0.2) is 24.3 Å². The summed E-state index contributed by atoms with van der Waals surface area (Å²) in [5, 5.41) is 12.0. The molecule has 0 spiro atoms. The highest BCUT2D eigenvalue weighted by molar-refractivity contribution is 5.54. The minimum absolute atomic E-state index is 0.253. The van der Waals surface area contributed by atoms with Crippen LogP contribution in [0.3, 0.4) is 0 Å². The summed E-state index contributed by atoms with van der Waals surface area (Å²) >= 11 is 0. The lowest BCUT2D eigenvalue weighted by molar-refractivity contribution is 0.282. The standard InChI is InChI=1S/C11H18N2O/c1-9(4-3-7-14)13-11-6-2-5-10(12)8-11/h2,5-6,8-9,13-14H,3-4,7,12H2,1H3. The van der Waals surface area contributed by atoms with E-state index < -0.39 is 0 Å². The Morgan fingerprint density at radius 2 is 2.29 bits per heavy atom. The number of hydrogen-bond donors (Lipinski definition) is 3. The van der Waals surface area contributed by atoms with Crippen molar-refractivity contribution in [2.75, 3.05) is 17.7 Å². The van der Waals surface area contributed by atoms with Gasteiger partial charge < -0.3 is 16.2 Å². The summed E-state index contributed by atoms with van der Waals surface area (Å²) in [4.78, 5) is 0. The Balaban J connectivity index is 2.43. The number of nitrogens with two attached hydrogens (primary N) is 1. The Morgan fingerprint density at radius 3 is 2.93 bits per heavy atom. The van der Waals surface area contributed by atoms with Crippen molar-refractivity contribution >= 4 is 11.4 Å². The molecule has 1 aromatic rings. The van der Waals surface area contributed by atoms with E-state index in [4.69, 9.17) is 10.8 Å². The molecule has 0 aliphatic heterocycles. The van der Waals surface area contributed by atoms with Crippen LogP contribution in [0.4, 0.5) is 11.4 Å². The monoisotopic (exact) mass is 194 g/mol. The van der Waals surface area contributed by atoms with Gasteiger partial charge in [0.1, 0.15) is 0 Å². The van der Waals surface area contributed by atoms with Gasteiger partial charge in [-0.2, -0.15) is 0 Å². The molecule has 1 atom stereocenters. The van der Waals surface area contributed by atoms with Gasteiger partial charge in [-0.15, -0.1) is 0 Å². The Kier molecular flexibility index (Phi) is 4.26. The molecule has 0 aliphatic rings. The minimum Gasteiger partial charge on any atom is -0.399 e. The van der Waals surface area contributed by atoms with Crippen LogP contribution in [-0.2, 0) is 0 Å². The number of rotatable bonds is 5. The van der Waals surface area contributed by atoms with Crippen LogP contribution < -0.4 is 11.1 Å². The normalized spacial score (nSPS) is 12.4. The van der Waals surface area contributed by atoms with E-state index in [0.717, 1.165) is 24.2 Å². The highest BCUT2D eigenvalue weighted by Gasteiger charge is 2.00. The number of benzene rings is 1. The van der Waals surface area contributed by atoms with Crippen molar-refractivity contribution < 1.29 is 5.11 Å². The van der Waals surface area contributed by atoms with Crippen LogP contribution in [0.25, 0.3) is 0 Å². The third kappa shape index (κ3) is 3.66. The fourth-order valence-electron chi connectivity index (χ4n) is 1.38. The predicted molar refractivity (Wildman–Crippen MR) is 60.3 cm³/mol. The average molecular weight is 194 g/mol. The number of hydrogen-bond acceptors (Lipinski definition) is 3. The molecule has 0 bridgehead atoms. The van der Waals surface area contributed by atoms with Gasteiger partial charge in [-0.1, -0.05) is 6.07 Å². The molecule has 0 amide bonds. The Morgan fingerprint density at radius 1 is 1.50 bits per heavy atom. The van der Waals surface area contributed by atoms with Crippen molar-refractivity contribution in [1.82, 2.24) is 0 Å². The largest absolute Gasteiger partial charge is 0.399 e. The van der Waals surface area contributed by atoms with Gasteiger partial charge in [-0.05, 0) is 38.0 Å². The first-order valence-electron chi connectivity index (χ1n) is 4.95.